The largest absolute Gasteiger partial charge is 0.468 e. The molecule has 0 aromatic carbocycles. The van der Waals surface area contributed by atoms with E-state index in [2.05, 4.69) is 4.74 Å². The van der Waals surface area contributed by atoms with Gasteiger partial charge in [0, 0.05) is 5.92 Å². The molecule has 1 saturated carbocycles. The second kappa shape index (κ2) is 5.23. The molecule has 1 fully saturated rings. The van der Waals surface area contributed by atoms with Gasteiger partial charge in [0.25, 0.3) is 0 Å². The number of carbonyl (C=O) groups is 3. The number of rotatable bonds is 3. The molecular formula is C12H18O4. The van der Waals surface area contributed by atoms with E-state index >= 15 is 0 Å². The van der Waals surface area contributed by atoms with Crippen LogP contribution >= 0.6 is 0 Å². The minimum atomic E-state index is -0.741. The molecule has 4 nitrogen and oxygen atoms in total. The standard InChI is InChI=1S/C12H18O4/c1-4-5-8-10(13)7(2)6-9(11(8)14)12(15)16-3/h7-9H,4-6H2,1-3H3. The Balaban J connectivity index is 2.88. The van der Waals surface area contributed by atoms with Crippen molar-refractivity contribution in [1.29, 1.82) is 0 Å². The van der Waals surface area contributed by atoms with E-state index in [-0.39, 0.29) is 17.5 Å². The summed E-state index contributed by atoms with van der Waals surface area (Å²) in [6.45, 7) is 3.69. The molecule has 3 unspecified atom stereocenters. The number of hydrogen-bond donors (Lipinski definition) is 0. The van der Waals surface area contributed by atoms with Gasteiger partial charge >= 0.3 is 5.97 Å². The van der Waals surface area contributed by atoms with Gasteiger partial charge in [-0.3, -0.25) is 14.4 Å². The molecule has 0 bridgehead atoms. The van der Waals surface area contributed by atoms with E-state index in [0.717, 1.165) is 6.42 Å². The highest BCUT2D eigenvalue weighted by Gasteiger charge is 2.44. The van der Waals surface area contributed by atoms with Crippen LogP contribution < -0.4 is 0 Å². The first-order valence-electron chi connectivity index (χ1n) is 5.68. The van der Waals surface area contributed by atoms with Crippen molar-refractivity contribution in [1.82, 2.24) is 0 Å². The summed E-state index contributed by atoms with van der Waals surface area (Å²) in [6.07, 6.45) is 1.60. The quantitative estimate of drug-likeness (QED) is 0.538. The molecule has 0 saturated heterocycles. The lowest BCUT2D eigenvalue weighted by Gasteiger charge is -2.29. The maximum atomic E-state index is 12.0. The smallest absolute Gasteiger partial charge is 0.316 e. The molecule has 0 aliphatic heterocycles. The van der Waals surface area contributed by atoms with E-state index in [1.54, 1.807) is 6.92 Å². The average molecular weight is 226 g/mol. The Morgan fingerprint density at radius 2 is 2.00 bits per heavy atom. The lowest BCUT2D eigenvalue weighted by atomic mass is 9.72. The van der Waals surface area contributed by atoms with Crippen LogP contribution in [0.1, 0.15) is 33.1 Å². The molecule has 1 aliphatic carbocycles. The van der Waals surface area contributed by atoms with Gasteiger partial charge in [-0.15, -0.1) is 0 Å². The summed E-state index contributed by atoms with van der Waals surface area (Å²) in [7, 11) is 1.27. The summed E-state index contributed by atoms with van der Waals surface area (Å²) in [5.74, 6) is -2.35. The highest BCUT2D eigenvalue weighted by Crippen LogP contribution is 2.30. The van der Waals surface area contributed by atoms with Crippen LogP contribution in [-0.4, -0.2) is 24.6 Å². The molecule has 3 atom stereocenters. The molecule has 4 heteroatoms. The summed E-state index contributed by atoms with van der Waals surface area (Å²) >= 11 is 0. The predicted molar refractivity (Wildman–Crippen MR) is 57.7 cm³/mol. The third-order valence-corrected chi connectivity index (χ3v) is 3.17. The fourth-order valence-electron chi connectivity index (χ4n) is 2.24. The number of Topliss-reactive ketones (excluding diaryl/α,β-unsaturated/α-hetero) is 2. The Hall–Kier alpha value is -1.19. The molecule has 0 N–H and O–H groups in total. The number of ether oxygens (including phenoxy) is 1. The van der Waals surface area contributed by atoms with Crippen LogP contribution in [0.5, 0.6) is 0 Å². The summed E-state index contributed by atoms with van der Waals surface area (Å²) in [5, 5.41) is 0. The lowest BCUT2D eigenvalue weighted by Crippen LogP contribution is -2.43. The molecule has 0 aromatic heterocycles. The molecule has 0 heterocycles. The topological polar surface area (TPSA) is 60.4 Å². The highest BCUT2D eigenvalue weighted by atomic mass is 16.5. The zero-order valence-corrected chi connectivity index (χ0v) is 9.99. The minimum absolute atomic E-state index is 0.0213. The van der Waals surface area contributed by atoms with Gasteiger partial charge in [0.05, 0.1) is 13.0 Å². The molecule has 0 radical (unpaired) electrons. The monoisotopic (exact) mass is 226 g/mol. The van der Waals surface area contributed by atoms with E-state index in [4.69, 9.17) is 0 Å². The Morgan fingerprint density at radius 1 is 1.38 bits per heavy atom. The van der Waals surface area contributed by atoms with Crippen LogP contribution in [0.2, 0.25) is 0 Å². The van der Waals surface area contributed by atoms with Crippen molar-refractivity contribution in [3.05, 3.63) is 0 Å². The van der Waals surface area contributed by atoms with Crippen LogP contribution in [0, 0.1) is 17.8 Å². The first-order valence-corrected chi connectivity index (χ1v) is 5.68. The van der Waals surface area contributed by atoms with Gasteiger partial charge in [-0.2, -0.15) is 0 Å². The summed E-state index contributed by atoms with van der Waals surface area (Å²) in [5.41, 5.74) is 0. The van der Waals surface area contributed by atoms with E-state index in [1.807, 2.05) is 6.92 Å². The van der Waals surface area contributed by atoms with Gasteiger partial charge < -0.3 is 4.74 Å². The van der Waals surface area contributed by atoms with Crippen molar-refractivity contribution in [2.24, 2.45) is 17.8 Å². The SMILES string of the molecule is CCCC1C(=O)C(C)CC(C(=O)OC)C1=O. The molecule has 16 heavy (non-hydrogen) atoms. The van der Waals surface area contributed by atoms with Crippen LogP contribution in [-0.2, 0) is 19.1 Å². The van der Waals surface area contributed by atoms with Crippen molar-refractivity contribution in [3.63, 3.8) is 0 Å². The molecule has 90 valence electrons. The third-order valence-electron chi connectivity index (χ3n) is 3.17. The maximum absolute atomic E-state index is 12.0. The van der Waals surface area contributed by atoms with Gasteiger partial charge in [0.2, 0.25) is 0 Å². The van der Waals surface area contributed by atoms with E-state index < -0.39 is 17.8 Å². The normalized spacial score (nSPS) is 30.3. The molecule has 1 rings (SSSR count). The van der Waals surface area contributed by atoms with Crippen LogP contribution in [0.4, 0.5) is 0 Å². The van der Waals surface area contributed by atoms with Gasteiger partial charge in [-0.1, -0.05) is 20.3 Å². The fourth-order valence-corrected chi connectivity index (χ4v) is 2.24. The molecular weight excluding hydrogens is 208 g/mol. The van der Waals surface area contributed by atoms with Crippen molar-refractivity contribution >= 4 is 17.5 Å². The number of hydrogen-bond acceptors (Lipinski definition) is 4. The Kier molecular flexibility index (Phi) is 4.21. The summed E-state index contributed by atoms with van der Waals surface area (Å²) in [6, 6.07) is 0. The van der Waals surface area contributed by atoms with E-state index in [0.29, 0.717) is 12.8 Å². The first-order chi connectivity index (χ1) is 7.52. The maximum Gasteiger partial charge on any atom is 0.316 e. The minimum Gasteiger partial charge on any atom is -0.468 e. The summed E-state index contributed by atoms with van der Waals surface area (Å²) < 4.78 is 4.60. The lowest BCUT2D eigenvalue weighted by molar-refractivity contribution is -0.155. The zero-order chi connectivity index (χ0) is 12.3. The predicted octanol–water partition coefficient (Wildman–Crippen LogP) is 1.37. The number of ketones is 2. The molecule has 0 amide bonds. The number of carbonyl (C=O) groups excluding carboxylic acids is 3. The number of methoxy groups -OCH3 is 1. The molecule has 1 aliphatic rings. The second-order valence-electron chi connectivity index (χ2n) is 4.36. The number of esters is 1. The van der Waals surface area contributed by atoms with Crippen molar-refractivity contribution in [2.75, 3.05) is 7.11 Å². The molecule has 0 aromatic rings. The summed E-state index contributed by atoms with van der Waals surface area (Å²) in [4.78, 5) is 35.2. The second-order valence-corrected chi connectivity index (χ2v) is 4.36. The van der Waals surface area contributed by atoms with Gasteiger partial charge in [-0.25, -0.2) is 0 Å². The van der Waals surface area contributed by atoms with Crippen LogP contribution in [0.3, 0.4) is 0 Å². The third kappa shape index (κ3) is 2.31. The van der Waals surface area contributed by atoms with Crippen molar-refractivity contribution < 1.29 is 19.1 Å². The van der Waals surface area contributed by atoms with Crippen LogP contribution in [0.15, 0.2) is 0 Å². The van der Waals surface area contributed by atoms with Crippen molar-refractivity contribution in [3.8, 4) is 0 Å². The van der Waals surface area contributed by atoms with Gasteiger partial charge in [0.15, 0.2) is 5.78 Å². The Morgan fingerprint density at radius 3 is 2.50 bits per heavy atom. The zero-order valence-electron chi connectivity index (χ0n) is 9.99. The highest BCUT2D eigenvalue weighted by molar-refractivity contribution is 6.12. The van der Waals surface area contributed by atoms with Crippen LogP contribution in [0.25, 0.3) is 0 Å². The average Bonchev–Trinajstić information content (AvgIpc) is 2.28. The first kappa shape index (κ1) is 12.9. The van der Waals surface area contributed by atoms with E-state index in [1.165, 1.54) is 7.11 Å². The Labute approximate surface area is 95.3 Å². The Bertz CT molecular complexity index is 304. The van der Waals surface area contributed by atoms with E-state index in [9.17, 15) is 14.4 Å². The molecule has 0 spiro atoms. The van der Waals surface area contributed by atoms with Gasteiger partial charge in [0.1, 0.15) is 11.7 Å². The van der Waals surface area contributed by atoms with Gasteiger partial charge in [-0.05, 0) is 12.8 Å². The van der Waals surface area contributed by atoms with Crippen molar-refractivity contribution in [2.45, 2.75) is 33.1 Å². The fraction of sp³-hybridized carbons (Fsp3) is 0.750.